The summed E-state index contributed by atoms with van der Waals surface area (Å²) in [6.07, 6.45) is 2.20. The van der Waals surface area contributed by atoms with Crippen molar-refractivity contribution in [1.82, 2.24) is 10.2 Å². The lowest BCUT2D eigenvalue weighted by Gasteiger charge is -2.41. The summed E-state index contributed by atoms with van der Waals surface area (Å²) in [6, 6.07) is 0.0823. The average molecular weight is 280 g/mol. The van der Waals surface area contributed by atoms with Crippen molar-refractivity contribution in [2.45, 2.75) is 76.7 Å². The van der Waals surface area contributed by atoms with Crippen molar-refractivity contribution in [1.29, 1.82) is 0 Å². The topological polar surface area (TPSA) is 15.3 Å². The molecule has 1 fully saturated rings. The van der Waals surface area contributed by atoms with E-state index in [0.717, 1.165) is 32.1 Å². The smallest absolute Gasteiger partial charge is 0.315 e. The van der Waals surface area contributed by atoms with Crippen LogP contribution in [-0.2, 0) is 0 Å². The Labute approximate surface area is 114 Å². The van der Waals surface area contributed by atoms with Crippen LogP contribution in [0.1, 0.15) is 52.4 Å². The van der Waals surface area contributed by atoms with Gasteiger partial charge in [0.1, 0.15) is 0 Å². The van der Waals surface area contributed by atoms with Gasteiger partial charge in [0.15, 0.2) is 0 Å². The molecule has 5 heteroatoms. The van der Waals surface area contributed by atoms with Crippen LogP contribution in [0.4, 0.5) is 13.2 Å². The van der Waals surface area contributed by atoms with E-state index in [9.17, 15) is 13.2 Å². The fourth-order valence-electron chi connectivity index (χ4n) is 3.09. The van der Waals surface area contributed by atoms with E-state index in [1.54, 1.807) is 4.90 Å². The maximum absolute atomic E-state index is 12.8. The lowest BCUT2D eigenvalue weighted by molar-refractivity contribution is -0.157. The summed E-state index contributed by atoms with van der Waals surface area (Å²) in [5, 5.41) is 3.23. The minimum atomic E-state index is -4.12. The second-order valence-electron chi connectivity index (χ2n) is 5.84. The summed E-state index contributed by atoms with van der Waals surface area (Å²) < 4.78 is 38.3. The molecule has 0 aromatic carbocycles. The quantitative estimate of drug-likeness (QED) is 0.847. The Balaban J connectivity index is 2.81. The lowest BCUT2D eigenvalue weighted by atomic mass is 9.90. The van der Waals surface area contributed by atoms with Crippen LogP contribution in [0.5, 0.6) is 0 Å². The molecular weight excluding hydrogens is 253 g/mol. The van der Waals surface area contributed by atoms with Crippen LogP contribution in [0.3, 0.4) is 0 Å². The van der Waals surface area contributed by atoms with Crippen LogP contribution in [0, 0.1) is 0 Å². The normalized spacial score (nSPS) is 26.5. The molecule has 0 amide bonds. The minimum absolute atomic E-state index is 0.00748. The van der Waals surface area contributed by atoms with Gasteiger partial charge in [-0.1, -0.05) is 25.7 Å². The molecule has 2 atom stereocenters. The maximum Gasteiger partial charge on any atom is 0.401 e. The number of rotatable bonds is 4. The van der Waals surface area contributed by atoms with Crippen molar-refractivity contribution >= 4 is 0 Å². The highest BCUT2D eigenvalue weighted by atomic mass is 19.4. The zero-order valence-corrected chi connectivity index (χ0v) is 12.3. The largest absolute Gasteiger partial charge is 0.401 e. The molecule has 2 unspecified atom stereocenters. The third-order valence-electron chi connectivity index (χ3n) is 4.05. The minimum Gasteiger partial charge on any atom is -0.315 e. The summed E-state index contributed by atoms with van der Waals surface area (Å²) >= 11 is 0. The Morgan fingerprint density at radius 3 is 2.16 bits per heavy atom. The molecule has 1 saturated carbocycles. The third kappa shape index (κ3) is 5.69. The molecule has 114 valence electrons. The molecule has 0 radical (unpaired) electrons. The van der Waals surface area contributed by atoms with Crippen molar-refractivity contribution in [3.05, 3.63) is 0 Å². The van der Waals surface area contributed by atoms with Crippen molar-refractivity contribution < 1.29 is 13.2 Å². The predicted octanol–water partition coefficient (Wildman–Crippen LogP) is 3.57. The Bertz CT molecular complexity index is 254. The lowest BCUT2D eigenvalue weighted by Crippen LogP contribution is -2.54. The Hall–Kier alpha value is -0.290. The fraction of sp³-hybridized carbons (Fsp3) is 1.00. The Morgan fingerprint density at radius 1 is 1.11 bits per heavy atom. The van der Waals surface area contributed by atoms with E-state index in [0.29, 0.717) is 0 Å². The molecule has 1 aliphatic rings. The number of nitrogens with zero attached hydrogens (tertiary/aromatic N) is 1. The molecular formula is C14H27F3N2. The molecule has 0 aromatic heterocycles. The van der Waals surface area contributed by atoms with E-state index < -0.39 is 12.7 Å². The number of nitrogens with one attached hydrogen (secondary N) is 1. The standard InChI is InChI=1S/C14H27F3N2/c1-11(2)19(10-14(15,16)17)13-9-7-5-4-6-8-12(13)18-3/h11-13,18H,4-10H2,1-3H3. The van der Waals surface area contributed by atoms with Gasteiger partial charge in [-0.25, -0.2) is 0 Å². The van der Waals surface area contributed by atoms with Crippen LogP contribution in [0.15, 0.2) is 0 Å². The van der Waals surface area contributed by atoms with E-state index in [1.807, 2.05) is 20.9 Å². The molecule has 19 heavy (non-hydrogen) atoms. The maximum atomic E-state index is 12.8. The van der Waals surface area contributed by atoms with E-state index >= 15 is 0 Å². The average Bonchev–Trinajstić information content (AvgIpc) is 2.25. The van der Waals surface area contributed by atoms with E-state index in [1.165, 1.54) is 6.42 Å². The zero-order valence-electron chi connectivity index (χ0n) is 12.3. The molecule has 0 bridgehead atoms. The number of hydrogen-bond donors (Lipinski definition) is 1. The van der Waals surface area contributed by atoms with Crippen LogP contribution in [0.25, 0.3) is 0 Å². The van der Waals surface area contributed by atoms with E-state index in [2.05, 4.69) is 5.32 Å². The summed E-state index contributed by atoms with van der Waals surface area (Å²) in [6.45, 7) is 2.92. The molecule has 0 aromatic rings. The van der Waals surface area contributed by atoms with E-state index in [4.69, 9.17) is 0 Å². The monoisotopic (exact) mass is 280 g/mol. The molecule has 1 N–H and O–H groups in total. The number of halogens is 3. The van der Waals surface area contributed by atoms with Gasteiger partial charge < -0.3 is 5.32 Å². The third-order valence-corrected chi connectivity index (χ3v) is 4.05. The highest BCUT2D eigenvalue weighted by molar-refractivity contribution is 4.87. The van der Waals surface area contributed by atoms with E-state index in [-0.39, 0.29) is 18.1 Å². The van der Waals surface area contributed by atoms with Crippen molar-refractivity contribution in [2.24, 2.45) is 0 Å². The highest BCUT2D eigenvalue weighted by Gasteiger charge is 2.37. The highest BCUT2D eigenvalue weighted by Crippen LogP contribution is 2.27. The van der Waals surface area contributed by atoms with Gasteiger partial charge in [-0.3, -0.25) is 4.90 Å². The Kier molecular flexibility index (Phi) is 6.60. The molecule has 1 aliphatic carbocycles. The van der Waals surface area contributed by atoms with Crippen LogP contribution in [0.2, 0.25) is 0 Å². The first-order valence-corrected chi connectivity index (χ1v) is 7.35. The van der Waals surface area contributed by atoms with Gasteiger partial charge in [0.05, 0.1) is 6.54 Å². The Morgan fingerprint density at radius 2 is 1.68 bits per heavy atom. The zero-order chi connectivity index (χ0) is 14.5. The van der Waals surface area contributed by atoms with Gasteiger partial charge in [0, 0.05) is 18.1 Å². The summed E-state index contributed by atoms with van der Waals surface area (Å²) in [7, 11) is 1.87. The fourth-order valence-corrected chi connectivity index (χ4v) is 3.09. The molecule has 0 spiro atoms. The van der Waals surface area contributed by atoms with Crippen molar-refractivity contribution in [3.8, 4) is 0 Å². The van der Waals surface area contributed by atoms with Gasteiger partial charge in [0.2, 0.25) is 0 Å². The van der Waals surface area contributed by atoms with Gasteiger partial charge >= 0.3 is 6.18 Å². The van der Waals surface area contributed by atoms with Gasteiger partial charge in [-0.05, 0) is 33.7 Å². The first kappa shape index (κ1) is 16.8. The van der Waals surface area contributed by atoms with Crippen LogP contribution < -0.4 is 5.32 Å². The molecule has 0 saturated heterocycles. The van der Waals surface area contributed by atoms with Crippen molar-refractivity contribution in [3.63, 3.8) is 0 Å². The second kappa shape index (κ2) is 7.48. The van der Waals surface area contributed by atoms with Crippen LogP contribution >= 0.6 is 0 Å². The van der Waals surface area contributed by atoms with Gasteiger partial charge in [-0.2, -0.15) is 13.2 Å². The molecule has 1 rings (SSSR count). The van der Waals surface area contributed by atoms with Gasteiger partial charge in [-0.15, -0.1) is 0 Å². The summed E-state index contributed by atoms with van der Waals surface area (Å²) in [5.41, 5.74) is 0. The van der Waals surface area contributed by atoms with Crippen LogP contribution in [-0.4, -0.2) is 42.8 Å². The first-order chi connectivity index (χ1) is 8.85. The number of alkyl halides is 3. The molecule has 0 heterocycles. The molecule has 0 aliphatic heterocycles. The summed E-state index contributed by atoms with van der Waals surface area (Å²) in [5.74, 6) is 0. The van der Waals surface area contributed by atoms with Gasteiger partial charge in [0.25, 0.3) is 0 Å². The first-order valence-electron chi connectivity index (χ1n) is 7.35. The summed E-state index contributed by atoms with van der Waals surface area (Å²) in [4.78, 5) is 1.63. The predicted molar refractivity (Wildman–Crippen MR) is 72.2 cm³/mol. The second-order valence-corrected chi connectivity index (χ2v) is 5.84. The van der Waals surface area contributed by atoms with Crippen molar-refractivity contribution in [2.75, 3.05) is 13.6 Å². The SMILES string of the molecule is CNC1CCCCCCC1N(CC(F)(F)F)C(C)C. The molecule has 2 nitrogen and oxygen atoms in total. The number of likely N-dealkylation sites (N-methyl/N-ethyl adjacent to an activating group) is 1. The number of hydrogen-bond acceptors (Lipinski definition) is 2.